The molecule has 0 saturated carbocycles. The molecule has 0 spiro atoms. The maximum Gasteiger partial charge on any atom is 0.310 e. The topological polar surface area (TPSA) is 49.9 Å². The first-order chi connectivity index (χ1) is 11.0. The van der Waals surface area contributed by atoms with Crippen molar-refractivity contribution < 1.29 is 14.3 Å². The van der Waals surface area contributed by atoms with Crippen LogP contribution < -0.4 is 0 Å². The number of carbonyl (C=O) groups is 2. The number of rotatable bonds is 6. The molecule has 0 aromatic carbocycles. The number of likely N-dealkylation sites (tertiary alicyclic amines) is 1. The predicted molar refractivity (Wildman–Crippen MR) is 91.6 cm³/mol. The normalized spacial score (nSPS) is 18.3. The van der Waals surface area contributed by atoms with Gasteiger partial charge in [0.15, 0.2) is 0 Å². The van der Waals surface area contributed by atoms with Crippen molar-refractivity contribution in [2.75, 3.05) is 33.3 Å². The molecule has 1 saturated heterocycles. The number of esters is 1. The smallest absolute Gasteiger partial charge is 0.310 e. The molecule has 0 N–H and O–H groups in total. The number of halogens is 1. The Hall–Kier alpha value is -1.11. The van der Waals surface area contributed by atoms with Crippen LogP contribution in [-0.2, 0) is 20.9 Å². The van der Waals surface area contributed by atoms with Crippen LogP contribution in [0.5, 0.6) is 0 Å². The monoisotopic (exact) mass is 358 g/mol. The number of amides is 1. The summed E-state index contributed by atoms with van der Waals surface area (Å²) in [6.45, 7) is 4.40. The van der Waals surface area contributed by atoms with Crippen molar-refractivity contribution in [3.05, 3.63) is 21.3 Å². The second kappa shape index (κ2) is 8.66. The van der Waals surface area contributed by atoms with Gasteiger partial charge in [-0.3, -0.25) is 14.5 Å². The number of ether oxygens (including phenoxy) is 1. The minimum Gasteiger partial charge on any atom is -0.466 e. The van der Waals surface area contributed by atoms with E-state index in [9.17, 15) is 9.59 Å². The van der Waals surface area contributed by atoms with E-state index in [4.69, 9.17) is 16.3 Å². The zero-order valence-electron chi connectivity index (χ0n) is 13.6. The van der Waals surface area contributed by atoms with Crippen molar-refractivity contribution in [2.24, 2.45) is 5.92 Å². The maximum absolute atomic E-state index is 12.4. The van der Waals surface area contributed by atoms with Crippen LogP contribution in [0.1, 0.15) is 24.6 Å². The Balaban J connectivity index is 1.83. The molecule has 1 aliphatic heterocycles. The molecule has 2 rings (SSSR count). The third kappa shape index (κ3) is 5.48. The molecule has 1 unspecified atom stereocenters. The summed E-state index contributed by atoms with van der Waals surface area (Å²) >= 11 is 7.45. The molecular weight excluding hydrogens is 336 g/mol. The van der Waals surface area contributed by atoms with Gasteiger partial charge < -0.3 is 9.64 Å². The molecule has 1 fully saturated rings. The lowest BCUT2D eigenvalue weighted by atomic mass is 9.98. The second-order valence-corrected chi connectivity index (χ2v) is 7.61. The Bertz CT molecular complexity index is 549. The van der Waals surface area contributed by atoms with E-state index >= 15 is 0 Å². The lowest BCUT2D eigenvalue weighted by molar-refractivity contribution is -0.151. The highest BCUT2D eigenvalue weighted by Gasteiger charge is 2.29. The van der Waals surface area contributed by atoms with E-state index in [0.717, 1.165) is 22.1 Å². The van der Waals surface area contributed by atoms with Crippen molar-refractivity contribution in [3.63, 3.8) is 0 Å². The van der Waals surface area contributed by atoms with Gasteiger partial charge in [0, 0.05) is 24.5 Å². The summed E-state index contributed by atoms with van der Waals surface area (Å²) < 4.78 is 5.83. The number of hydrogen-bond acceptors (Lipinski definition) is 5. The van der Waals surface area contributed by atoms with Gasteiger partial charge in [0.1, 0.15) is 0 Å². The third-order valence-corrected chi connectivity index (χ3v) is 5.07. The Morgan fingerprint density at radius 2 is 2.26 bits per heavy atom. The van der Waals surface area contributed by atoms with Crippen LogP contribution in [0.4, 0.5) is 0 Å². The fourth-order valence-electron chi connectivity index (χ4n) is 2.75. The predicted octanol–water partition coefficient (Wildman–Crippen LogP) is 2.64. The van der Waals surface area contributed by atoms with Crippen LogP contribution in [0.25, 0.3) is 0 Å². The van der Waals surface area contributed by atoms with Gasteiger partial charge in [0.05, 0.1) is 23.4 Å². The van der Waals surface area contributed by atoms with Crippen LogP contribution in [0, 0.1) is 5.92 Å². The van der Waals surface area contributed by atoms with Gasteiger partial charge in [-0.1, -0.05) is 11.6 Å². The van der Waals surface area contributed by atoms with Gasteiger partial charge in [0.2, 0.25) is 5.91 Å². The van der Waals surface area contributed by atoms with E-state index < -0.39 is 0 Å². The Kier molecular flexibility index (Phi) is 6.87. The van der Waals surface area contributed by atoms with Gasteiger partial charge in [-0.2, -0.15) is 0 Å². The molecule has 1 aromatic heterocycles. The van der Waals surface area contributed by atoms with E-state index in [0.29, 0.717) is 32.8 Å². The van der Waals surface area contributed by atoms with Crippen molar-refractivity contribution in [1.82, 2.24) is 9.80 Å². The number of carbonyl (C=O) groups excluding carboxylic acids is 2. The zero-order valence-corrected chi connectivity index (χ0v) is 15.2. The SMILES string of the molecule is CCOC(=O)C1CCCN(C(=O)CN(C)Cc2ccc(Cl)s2)C1. The highest BCUT2D eigenvalue weighted by Crippen LogP contribution is 2.22. The lowest BCUT2D eigenvalue weighted by Gasteiger charge is -2.32. The second-order valence-electron chi connectivity index (χ2n) is 5.81. The first-order valence-corrected chi connectivity index (χ1v) is 9.06. The van der Waals surface area contributed by atoms with Gasteiger partial charge in [-0.25, -0.2) is 0 Å². The fraction of sp³-hybridized carbons (Fsp3) is 0.625. The van der Waals surface area contributed by atoms with Gasteiger partial charge in [0.25, 0.3) is 0 Å². The summed E-state index contributed by atoms with van der Waals surface area (Å²) in [5.74, 6) is -0.315. The van der Waals surface area contributed by atoms with Crippen molar-refractivity contribution in [3.8, 4) is 0 Å². The first kappa shape index (κ1) is 18.2. The molecule has 1 amide bonds. The number of thiophene rings is 1. The van der Waals surface area contributed by atoms with Crippen molar-refractivity contribution in [2.45, 2.75) is 26.3 Å². The van der Waals surface area contributed by atoms with Crippen LogP contribution in [0.2, 0.25) is 4.34 Å². The molecule has 1 atom stereocenters. The van der Waals surface area contributed by atoms with Crippen molar-refractivity contribution in [1.29, 1.82) is 0 Å². The number of nitrogens with zero attached hydrogens (tertiary/aromatic N) is 2. The standard InChI is InChI=1S/C16H23ClN2O3S/c1-3-22-16(21)12-5-4-8-19(9-12)15(20)11-18(2)10-13-6-7-14(17)23-13/h6-7,12H,3-5,8-11H2,1-2H3. The molecular formula is C16H23ClN2O3S. The van der Waals surface area contributed by atoms with Gasteiger partial charge >= 0.3 is 5.97 Å². The molecule has 23 heavy (non-hydrogen) atoms. The van der Waals surface area contributed by atoms with Crippen LogP contribution in [0.15, 0.2) is 12.1 Å². The first-order valence-electron chi connectivity index (χ1n) is 7.86. The molecule has 0 aliphatic carbocycles. The highest BCUT2D eigenvalue weighted by atomic mass is 35.5. The summed E-state index contributed by atoms with van der Waals surface area (Å²) in [7, 11) is 1.91. The van der Waals surface area contributed by atoms with E-state index in [1.54, 1.807) is 11.8 Å². The van der Waals surface area contributed by atoms with Gasteiger partial charge in [-0.05, 0) is 38.9 Å². The summed E-state index contributed by atoms with van der Waals surface area (Å²) in [6.07, 6.45) is 1.64. The Labute approximate surface area is 146 Å². The third-order valence-electron chi connectivity index (χ3n) is 3.85. The zero-order chi connectivity index (χ0) is 16.8. The fourth-order valence-corrected chi connectivity index (χ4v) is 3.91. The summed E-state index contributed by atoms with van der Waals surface area (Å²) in [5.41, 5.74) is 0. The molecule has 128 valence electrons. The lowest BCUT2D eigenvalue weighted by Crippen LogP contribution is -2.46. The molecule has 7 heteroatoms. The average Bonchev–Trinajstić information content (AvgIpc) is 2.92. The summed E-state index contributed by atoms with van der Waals surface area (Å²) in [6, 6.07) is 3.84. The molecule has 5 nitrogen and oxygen atoms in total. The van der Waals surface area contributed by atoms with Crippen molar-refractivity contribution >= 4 is 34.8 Å². The number of hydrogen-bond donors (Lipinski definition) is 0. The minimum absolute atomic E-state index is 0.0594. The highest BCUT2D eigenvalue weighted by molar-refractivity contribution is 7.16. The molecule has 0 radical (unpaired) electrons. The molecule has 1 aliphatic rings. The Morgan fingerprint density at radius 1 is 1.48 bits per heavy atom. The number of likely N-dealkylation sites (N-methyl/N-ethyl adjacent to an activating group) is 1. The summed E-state index contributed by atoms with van der Waals surface area (Å²) in [4.78, 5) is 29.2. The Morgan fingerprint density at radius 3 is 2.91 bits per heavy atom. The maximum atomic E-state index is 12.4. The minimum atomic E-state index is -0.188. The average molecular weight is 359 g/mol. The van der Waals surface area contributed by atoms with E-state index in [2.05, 4.69) is 0 Å². The summed E-state index contributed by atoms with van der Waals surface area (Å²) in [5, 5.41) is 0. The van der Waals surface area contributed by atoms with Crippen LogP contribution in [-0.4, -0.2) is 55.0 Å². The van der Waals surface area contributed by atoms with Gasteiger partial charge in [-0.15, -0.1) is 11.3 Å². The molecule has 1 aromatic rings. The molecule has 2 heterocycles. The largest absolute Gasteiger partial charge is 0.466 e. The van der Waals surface area contributed by atoms with E-state index in [1.165, 1.54) is 11.3 Å². The van der Waals surface area contributed by atoms with E-state index in [-0.39, 0.29) is 17.8 Å². The van der Waals surface area contributed by atoms with E-state index in [1.807, 2.05) is 24.1 Å². The number of piperidine rings is 1. The molecule has 0 bridgehead atoms. The van der Waals surface area contributed by atoms with Crippen LogP contribution >= 0.6 is 22.9 Å². The van der Waals surface area contributed by atoms with Crippen LogP contribution in [0.3, 0.4) is 0 Å². The quantitative estimate of drug-likeness (QED) is 0.733.